The van der Waals surface area contributed by atoms with Gasteiger partial charge in [0.1, 0.15) is 5.75 Å². The Balaban J connectivity index is 2.36. The van der Waals surface area contributed by atoms with Gasteiger partial charge < -0.3 is 10.5 Å². The summed E-state index contributed by atoms with van der Waals surface area (Å²) in [6, 6.07) is 9.67. The molecule has 106 valence electrons. The van der Waals surface area contributed by atoms with Gasteiger partial charge in [0.05, 0.1) is 4.90 Å². The van der Waals surface area contributed by atoms with Crippen molar-refractivity contribution in [2.24, 2.45) is 5.73 Å². The number of pyridine rings is 1. The summed E-state index contributed by atoms with van der Waals surface area (Å²) < 4.78 is 28.7. The van der Waals surface area contributed by atoms with E-state index in [0.717, 1.165) is 11.8 Å². The normalized spacial score (nSPS) is 12.9. The third-order valence-electron chi connectivity index (χ3n) is 2.74. The molecule has 0 radical (unpaired) electrons. The molecule has 0 aliphatic rings. The molecular formula is C14H16N2O3S. The lowest BCUT2D eigenvalue weighted by Gasteiger charge is -2.12. The van der Waals surface area contributed by atoms with E-state index in [2.05, 4.69) is 4.98 Å². The monoisotopic (exact) mass is 292 g/mol. The van der Waals surface area contributed by atoms with Crippen LogP contribution in [0.3, 0.4) is 0 Å². The van der Waals surface area contributed by atoms with Gasteiger partial charge in [-0.15, -0.1) is 0 Å². The molecule has 0 bridgehead atoms. The molecule has 0 amide bonds. The molecule has 0 aliphatic carbocycles. The van der Waals surface area contributed by atoms with Gasteiger partial charge in [0.2, 0.25) is 5.88 Å². The highest BCUT2D eigenvalue weighted by Crippen LogP contribution is 2.27. The Labute approximate surface area is 118 Å². The van der Waals surface area contributed by atoms with Crippen molar-refractivity contribution in [2.45, 2.75) is 17.9 Å². The lowest BCUT2D eigenvalue weighted by atomic mass is 10.1. The van der Waals surface area contributed by atoms with Crippen LogP contribution in [0.5, 0.6) is 11.6 Å². The molecule has 1 aromatic heterocycles. The first-order valence-electron chi connectivity index (χ1n) is 6.06. The second-order valence-corrected chi connectivity index (χ2v) is 6.55. The zero-order valence-electron chi connectivity index (χ0n) is 11.3. The number of nitrogens with two attached hydrogens (primary N) is 1. The van der Waals surface area contributed by atoms with Crippen molar-refractivity contribution in [1.82, 2.24) is 4.98 Å². The molecular weight excluding hydrogens is 276 g/mol. The highest BCUT2D eigenvalue weighted by atomic mass is 32.2. The van der Waals surface area contributed by atoms with Crippen LogP contribution < -0.4 is 10.5 Å². The molecule has 1 atom stereocenters. The van der Waals surface area contributed by atoms with Gasteiger partial charge in [-0.25, -0.2) is 13.4 Å². The topological polar surface area (TPSA) is 82.3 Å². The highest BCUT2D eigenvalue weighted by molar-refractivity contribution is 7.90. The summed E-state index contributed by atoms with van der Waals surface area (Å²) in [5, 5.41) is 0. The Hall–Kier alpha value is -1.92. The van der Waals surface area contributed by atoms with E-state index in [-0.39, 0.29) is 10.9 Å². The van der Waals surface area contributed by atoms with Gasteiger partial charge >= 0.3 is 0 Å². The van der Waals surface area contributed by atoms with Crippen LogP contribution in [-0.4, -0.2) is 19.7 Å². The predicted octanol–water partition coefficient (Wildman–Crippen LogP) is 2.30. The van der Waals surface area contributed by atoms with Crippen molar-refractivity contribution < 1.29 is 13.2 Å². The summed E-state index contributed by atoms with van der Waals surface area (Å²) in [5.74, 6) is 0.793. The fourth-order valence-electron chi connectivity index (χ4n) is 1.72. The number of rotatable bonds is 4. The number of nitrogens with zero attached hydrogens (tertiary/aromatic N) is 1. The van der Waals surface area contributed by atoms with Crippen LogP contribution in [-0.2, 0) is 9.84 Å². The number of hydrogen-bond donors (Lipinski definition) is 1. The Kier molecular flexibility index (Phi) is 4.06. The summed E-state index contributed by atoms with van der Waals surface area (Å²) in [6.07, 6.45) is 2.75. The third-order valence-corrected chi connectivity index (χ3v) is 3.85. The smallest absolute Gasteiger partial charge is 0.223 e. The van der Waals surface area contributed by atoms with E-state index in [4.69, 9.17) is 10.5 Å². The van der Waals surface area contributed by atoms with Crippen LogP contribution in [0.1, 0.15) is 18.5 Å². The Bertz CT molecular complexity index is 712. The summed E-state index contributed by atoms with van der Waals surface area (Å²) in [4.78, 5) is 4.34. The number of ether oxygens (including phenoxy) is 1. The molecule has 0 saturated heterocycles. The van der Waals surface area contributed by atoms with Crippen molar-refractivity contribution in [1.29, 1.82) is 0 Å². The van der Waals surface area contributed by atoms with E-state index >= 15 is 0 Å². The van der Waals surface area contributed by atoms with Gasteiger partial charge in [-0.05, 0) is 31.2 Å². The molecule has 0 unspecified atom stereocenters. The van der Waals surface area contributed by atoms with E-state index in [1.54, 1.807) is 24.4 Å². The second kappa shape index (κ2) is 5.60. The maximum atomic E-state index is 11.5. The summed E-state index contributed by atoms with van der Waals surface area (Å²) in [6.45, 7) is 1.83. The van der Waals surface area contributed by atoms with Crippen LogP contribution in [0.2, 0.25) is 0 Å². The fraction of sp³-hybridized carbons (Fsp3) is 0.214. The van der Waals surface area contributed by atoms with E-state index < -0.39 is 9.84 Å². The van der Waals surface area contributed by atoms with E-state index in [0.29, 0.717) is 11.6 Å². The molecule has 1 aromatic carbocycles. The first-order chi connectivity index (χ1) is 9.38. The van der Waals surface area contributed by atoms with Crippen LogP contribution in [0, 0.1) is 0 Å². The van der Waals surface area contributed by atoms with E-state index in [9.17, 15) is 8.42 Å². The van der Waals surface area contributed by atoms with Crippen LogP contribution in [0.25, 0.3) is 0 Å². The molecule has 2 rings (SSSR count). The van der Waals surface area contributed by atoms with Crippen molar-refractivity contribution in [3.63, 3.8) is 0 Å². The maximum absolute atomic E-state index is 11.5. The lowest BCUT2D eigenvalue weighted by Crippen LogP contribution is -2.07. The quantitative estimate of drug-likeness (QED) is 0.935. The van der Waals surface area contributed by atoms with Gasteiger partial charge in [0, 0.05) is 24.1 Å². The molecule has 5 nitrogen and oxygen atoms in total. The number of hydrogen-bond acceptors (Lipinski definition) is 5. The van der Waals surface area contributed by atoms with E-state index in [1.165, 1.54) is 12.1 Å². The van der Waals surface area contributed by atoms with Gasteiger partial charge in [-0.2, -0.15) is 0 Å². The minimum atomic E-state index is -3.27. The van der Waals surface area contributed by atoms with E-state index in [1.807, 2.05) is 13.0 Å². The Morgan fingerprint density at radius 3 is 2.65 bits per heavy atom. The third kappa shape index (κ3) is 3.34. The second-order valence-electron chi connectivity index (χ2n) is 4.54. The summed E-state index contributed by atoms with van der Waals surface area (Å²) >= 11 is 0. The largest absolute Gasteiger partial charge is 0.439 e. The SMILES string of the molecule is C[C@@H](N)c1cccnc1Oc1cccc(S(C)(=O)=O)c1. The van der Waals surface area contributed by atoms with Crippen LogP contribution in [0.4, 0.5) is 0 Å². The van der Waals surface area contributed by atoms with Gasteiger partial charge in [0.25, 0.3) is 0 Å². The zero-order chi connectivity index (χ0) is 14.8. The molecule has 0 fully saturated rings. The fourth-order valence-corrected chi connectivity index (χ4v) is 2.37. The van der Waals surface area contributed by atoms with Crippen LogP contribution >= 0.6 is 0 Å². The van der Waals surface area contributed by atoms with Crippen molar-refractivity contribution in [3.05, 3.63) is 48.2 Å². The first kappa shape index (κ1) is 14.5. The average molecular weight is 292 g/mol. The summed E-state index contributed by atoms with van der Waals surface area (Å²) in [7, 11) is -3.27. The van der Waals surface area contributed by atoms with Crippen molar-refractivity contribution in [2.75, 3.05) is 6.26 Å². The number of sulfone groups is 1. The Morgan fingerprint density at radius 1 is 1.25 bits per heavy atom. The minimum absolute atomic E-state index is 0.202. The molecule has 0 saturated carbocycles. The lowest BCUT2D eigenvalue weighted by molar-refractivity contribution is 0.450. The van der Waals surface area contributed by atoms with Gasteiger partial charge in [-0.1, -0.05) is 12.1 Å². The average Bonchev–Trinajstić information content (AvgIpc) is 2.38. The molecule has 0 aliphatic heterocycles. The predicted molar refractivity (Wildman–Crippen MR) is 76.5 cm³/mol. The first-order valence-corrected chi connectivity index (χ1v) is 7.95. The number of aromatic nitrogens is 1. The Morgan fingerprint density at radius 2 is 2.00 bits per heavy atom. The minimum Gasteiger partial charge on any atom is -0.439 e. The number of benzene rings is 1. The standard InChI is InChI=1S/C14H16N2O3S/c1-10(15)13-7-4-8-16-14(13)19-11-5-3-6-12(9-11)20(2,17)18/h3-10H,15H2,1-2H3/t10-/m1/s1. The molecule has 2 aromatic rings. The zero-order valence-corrected chi connectivity index (χ0v) is 12.1. The summed E-state index contributed by atoms with van der Waals surface area (Å²) in [5.41, 5.74) is 6.61. The van der Waals surface area contributed by atoms with Gasteiger partial charge in [0.15, 0.2) is 9.84 Å². The molecule has 0 spiro atoms. The van der Waals surface area contributed by atoms with Crippen molar-refractivity contribution >= 4 is 9.84 Å². The van der Waals surface area contributed by atoms with Crippen LogP contribution in [0.15, 0.2) is 47.5 Å². The molecule has 20 heavy (non-hydrogen) atoms. The maximum Gasteiger partial charge on any atom is 0.223 e. The van der Waals surface area contributed by atoms with Gasteiger partial charge in [-0.3, -0.25) is 0 Å². The molecule has 6 heteroatoms. The van der Waals surface area contributed by atoms with Crippen molar-refractivity contribution in [3.8, 4) is 11.6 Å². The molecule has 2 N–H and O–H groups in total. The highest BCUT2D eigenvalue weighted by Gasteiger charge is 2.12. The molecule has 1 heterocycles.